The zero-order valence-electron chi connectivity index (χ0n) is 19.5. The Morgan fingerprint density at radius 2 is 1.97 bits per heavy atom. The molecule has 0 bridgehead atoms. The monoisotopic (exact) mass is 462 g/mol. The quantitative estimate of drug-likeness (QED) is 0.353. The summed E-state index contributed by atoms with van der Waals surface area (Å²) in [5, 5.41) is 13.1. The number of benzene rings is 2. The number of aromatic nitrogens is 1. The number of methoxy groups -OCH3 is 1. The molecule has 3 amide bonds. The summed E-state index contributed by atoms with van der Waals surface area (Å²) in [5.74, 6) is 0.580. The molecule has 1 unspecified atom stereocenters. The lowest BCUT2D eigenvalue weighted by molar-refractivity contribution is -0.133. The molecule has 178 valence electrons. The second-order valence-corrected chi connectivity index (χ2v) is 9.17. The van der Waals surface area contributed by atoms with Crippen molar-refractivity contribution in [2.24, 2.45) is 0 Å². The van der Waals surface area contributed by atoms with Crippen molar-refractivity contribution in [1.29, 1.82) is 0 Å². The first kappa shape index (κ1) is 22.4. The lowest BCUT2D eigenvalue weighted by Crippen LogP contribution is -2.53. The minimum absolute atomic E-state index is 0.00998. The van der Waals surface area contributed by atoms with Gasteiger partial charge < -0.3 is 25.0 Å². The van der Waals surface area contributed by atoms with Crippen LogP contribution in [0.25, 0.3) is 10.9 Å². The van der Waals surface area contributed by atoms with Gasteiger partial charge in [-0.25, -0.2) is 4.79 Å². The van der Waals surface area contributed by atoms with Crippen LogP contribution < -0.4 is 10.1 Å². The van der Waals surface area contributed by atoms with Gasteiger partial charge in [-0.1, -0.05) is 30.3 Å². The molecule has 1 aromatic heterocycles. The summed E-state index contributed by atoms with van der Waals surface area (Å²) in [7, 11) is 1.64. The molecule has 5 rings (SSSR count). The van der Waals surface area contributed by atoms with Gasteiger partial charge in [0.15, 0.2) is 0 Å². The average molecular weight is 463 g/mol. The van der Waals surface area contributed by atoms with Crippen LogP contribution in [0.1, 0.15) is 29.8 Å². The fraction of sp³-hybridized carbons (Fsp3) is 0.385. The summed E-state index contributed by atoms with van der Waals surface area (Å²) in [6.07, 6.45) is 1.04. The van der Waals surface area contributed by atoms with Crippen LogP contribution in [0.15, 0.2) is 48.5 Å². The number of ether oxygens (including phenoxy) is 1. The van der Waals surface area contributed by atoms with Crippen molar-refractivity contribution in [3.8, 4) is 5.75 Å². The Balaban J connectivity index is 1.59. The molecule has 3 N–H and O–H groups in total. The van der Waals surface area contributed by atoms with E-state index in [-0.39, 0.29) is 31.1 Å². The predicted molar refractivity (Wildman–Crippen MR) is 129 cm³/mol. The molecule has 1 saturated heterocycles. The average Bonchev–Trinajstić information content (AvgIpc) is 3.29. The van der Waals surface area contributed by atoms with Crippen LogP contribution in [-0.2, 0) is 17.6 Å². The van der Waals surface area contributed by atoms with E-state index >= 15 is 0 Å². The summed E-state index contributed by atoms with van der Waals surface area (Å²) in [4.78, 5) is 34.0. The smallest absolute Gasteiger partial charge is 0.328 e. The maximum Gasteiger partial charge on any atom is 0.328 e. The Morgan fingerprint density at radius 3 is 2.71 bits per heavy atom. The number of hydrogen-bond donors (Lipinski definition) is 3. The SMILES string of the molecule is COc1ccc2[nH]c3c(c2c1)C[C@@]1(C)C(=O)N(CCNCCO)C(=O)N1C3Cc1ccccc1. The highest BCUT2D eigenvalue weighted by Gasteiger charge is 2.59. The summed E-state index contributed by atoms with van der Waals surface area (Å²) < 4.78 is 5.46. The number of hydrogen-bond acceptors (Lipinski definition) is 5. The Bertz CT molecular complexity index is 1220. The third-order valence-corrected chi connectivity index (χ3v) is 7.06. The van der Waals surface area contributed by atoms with Crippen LogP contribution in [-0.4, -0.2) is 70.7 Å². The van der Waals surface area contributed by atoms with Crippen molar-refractivity contribution in [2.45, 2.75) is 31.3 Å². The second kappa shape index (κ2) is 8.77. The highest BCUT2D eigenvalue weighted by molar-refractivity contribution is 6.08. The second-order valence-electron chi connectivity index (χ2n) is 9.17. The lowest BCUT2D eigenvalue weighted by Gasteiger charge is -2.42. The number of imide groups is 1. The number of aliphatic hydroxyl groups excluding tert-OH is 1. The Morgan fingerprint density at radius 1 is 1.18 bits per heavy atom. The Labute approximate surface area is 198 Å². The molecular weight excluding hydrogens is 432 g/mol. The predicted octanol–water partition coefficient (Wildman–Crippen LogP) is 2.62. The van der Waals surface area contributed by atoms with E-state index in [1.54, 1.807) is 12.0 Å². The summed E-state index contributed by atoms with van der Waals surface area (Å²) in [5.41, 5.74) is 3.14. The summed E-state index contributed by atoms with van der Waals surface area (Å²) in [6, 6.07) is 15.4. The molecule has 2 aromatic carbocycles. The van der Waals surface area contributed by atoms with Crippen LogP contribution in [0.5, 0.6) is 5.75 Å². The van der Waals surface area contributed by atoms with Gasteiger partial charge in [-0.3, -0.25) is 9.69 Å². The number of aliphatic hydroxyl groups is 1. The number of aromatic amines is 1. The number of nitrogens with zero attached hydrogens (tertiary/aromatic N) is 2. The van der Waals surface area contributed by atoms with Crippen LogP contribution in [0.2, 0.25) is 0 Å². The van der Waals surface area contributed by atoms with Crippen LogP contribution in [0.3, 0.4) is 0 Å². The third kappa shape index (κ3) is 3.54. The van der Waals surface area contributed by atoms with Crippen LogP contribution in [0, 0.1) is 0 Å². The van der Waals surface area contributed by atoms with Gasteiger partial charge in [-0.2, -0.15) is 0 Å². The van der Waals surface area contributed by atoms with Gasteiger partial charge >= 0.3 is 6.03 Å². The van der Waals surface area contributed by atoms with Crippen molar-refractivity contribution >= 4 is 22.8 Å². The molecule has 8 heteroatoms. The zero-order chi connectivity index (χ0) is 23.9. The molecule has 0 radical (unpaired) electrons. The number of fused-ring (bicyclic) bond motifs is 4. The number of rotatable bonds is 8. The van der Waals surface area contributed by atoms with E-state index in [2.05, 4.69) is 22.4 Å². The first-order valence-electron chi connectivity index (χ1n) is 11.7. The van der Waals surface area contributed by atoms with Crippen molar-refractivity contribution in [3.05, 3.63) is 65.4 Å². The number of nitrogens with one attached hydrogen (secondary N) is 2. The molecule has 2 aliphatic rings. The van der Waals surface area contributed by atoms with Crippen molar-refractivity contribution in [3.63, 3.8) is 0 Å². The van der Waals surface area contributed by atoms with E-state index < -0.39 is 5.54 Å². The Kier molecular flexibility index (Phi) is 5.79. The standard InChI is InChI=1S/C26H30N4O4/c1-26-16-20-19-15-18(34-2)8-9-21(19)28-23(20)22(14-17-6-4-3-5-7-17)30(26)25(33)29(24(26)32)12-10-27-11-13-31/h3-9,15,22,27-28,31H,10-14,16H2,1-2H3/t22?,26-/m0/s1. The first-order chi connectivity index (χ1) is 16.5. The fourth-order valence-electron chi connectivity index (χ4n) is 5.41. The Hall–Kier alpha value is -3.36. The van der Waals surface area contributed by atoms with Crippen molar-refractivity contribution in [2.75, 3.05) is 33.4 Å². The van der Waals surface area contributed by atoms with E-state index in [1.807, 2.05) is 43.3 Å². The van der Waals surface area contributed by atoms with Crippen molar-refractivity contribution < 1.29 is 19.4 Å². The van der Waals surface area contributed by atoms with Gasteiger partial charge in [0, 0.05) is 42.7 Å². The van der Waals surface area contributed by atoms with Gasteiger partial charge in [-0.05, 0) is 42.7 Å². The minimum atomic E-state index is -0.974. The number of H-pyrrole nitrogens is 1. The highest BCUT2D eigenvalue weighted by atomic mass is 16.5. The number of carbonyl (C=O) groups excluding carboxylic acids is 2. The normalized spacial score (nSPS) is 21.8. The maximum atomic E-state index is 13.7. The molecule has 0 saturated carbocycles. The van der Waals surface area contributed by atoms with Crippen LogP contribution in [0.4, 0.5) is 4.79 Å². The van der Waals surface area contributed by atoms with Gasteiger partial charge in [0.2, 0.25) is 0 Å². The molecule has 3 heterocycles. The molecule has 2 atom stereocenters. The molecule has 0 aliphatic carbocycles. The zero-order valence-corrected chi connectivity index (χ0v) is 19.5. The molecular formula is C26H30N4O4. The topological polar surface area (TPSA) is 97.9 Å². The van der Waals surface area contributed by atoms with E-state index in [1.165, 1.54) is 4.90 Å². The molecule has 0 spiro atoms. The van der Waals surface area contributed by atoms with Gasteiger partial charge in [0.1, 0.15) is 11.3 Å². The van der Waals surface area contributed by atoms with Gasteiger partial charge in [-0.15, -0.1) is 0 Å². The molecule has 3 aromatic rings. The molecule has 8 nitrogen and oxygen atoms in total. The van der Waals surface area contributed by atoms with E-state index in [0.717, 1.165) is 33.5 Å². The lowest BCUT2D eigenvalue weighted by atomic mass is 9.81. The number of carbonyl (C=O) groups is 2. The molecule has 1 fully saturated rings. The fourth-order valence-corrected chi connectivity index (χ4v) is 5.41. The third-order valence-electron chi connectivity index (χ3n) is 7.06. The molecule has 34 heavy (non-hydrogen) atoms. The van der Waals surface area contributed by atoms with Gasteiger partial charge in [0.05, 0.1) is 19.8 Å². The largest absolute Gasteiger partial charge is 0.497 e. The number of urea groups is 1. The van der Waals surface area contributed by atoms with E-state index in [9.17, 15) is 9.59 Å². The maximum absolute atomic E-state index is 13.7. The van der Waals surface area contributed by atoms with E-state index in [4.69, 9.17) is 9.84 Å². The molecule has 2 aliphatic heterocycles. The van der Waals surface area contributed by atoms with E-state index in [0.29, 0.717) is 25.9 Å². The first-order valence-corrected chi connectivity index (χ1v) is 11.7. The van der Waals surface area contributed by atoms with Crippen LogP contribution >= 0.6 is 0 Å². The van der Waals surface area contributed by atoms with Gasteiger partial charge in [0.25, 0.3) is 5.91 Å². The summed E-state index contributed by atoms with van der Waals surface area (Å²) in [6.45, 7) is 3.03. The minimum Gasteiger partial charge on any atom is -0.497 e. The summed E-state index contributed by atoms with van der Waals surface area (Å²) >= 11 is 0. The van der Waals surface area contributed by atoms with Crippen molar-refractivity contribution in [1.82, 2.24) is 20.1 Å². The highest BCUT2D eigenvalue weighted by Crippen LogP contribution is 2.47. The number of amides is 3.